The number of hydrogen-bond donors (Lipinski definition) is 0. The van der Waals surface area contributed by atoms with Crippen LogP contribution in [0.5, 0.6) is 11.5 Å². The van der Waals surface area contributed by atoms with Gasteiger partial charge in [-0.15, -0.1) is 0 Å². The molecule has 0 spiro atoms. The van der Waals surface area contributed by atoms with Crippen LogP contribution in [0.4, 0.5) is 17.6 Å². The van der Waals surface area contributed by atoms with Gasteiger partial charge in [-0.25, -0.2) is 27.3 Å². The predicted molar refractivity (Wildman–Crippen MR) is 102 cm³/mol. The highest BCUT2D eigenvalue weighted by Crippen LogP contribution is 2.28. The number of rotatable bonds is 5. The summed E-state index contributed by atoms with van der Waals surface area (Å²) in [5.74, 6) is -4.26. The summed E-state index contributed by atoms with van der Waals surface area (Å²) >= 11 is 0. The van der Waals surface area contributed by atoms with Crippen LogP contribution in [0.1, 0.15) is 11.3 Å². The topological polar surface area (TPSA) is 85.7 Å². The van der Waals surface area contributed by atoms with Crippen molar-refractivity contribution in [2.75, 3.05) is 0 Å². The molecule has 0 saturated carbocycles. The third-order valence-corrected chi connectivity index (χ3v) is 4.44. The molecule has 11 heteroatoms. The molecule has 160 valence electrons. The molecule has 4 rings (SSSR count). The van der Waals surface area contributed by atoms with Gasteiger partial charge in [0.05, 0.1) is 18.4 Å². The third kappa shape index (κ3) is 3.93. The first kappa shape index (κ1) is 20.8. The van der Waals surface area contributed by atoms with E-state index in [2.05, 4.69) is 10.1 Å². The number of halogens is 4. The summed E-state index contributed by atoms with van der Waals surface area (Å²) in [6, 6.07) is 9.39. The van der Waals surface area contributed by atoms with Gasteiger partial charge < -0.3 is 4.74 Å². The molecule has 0 radical (unpaired) electrons. The molecule has 0 amide bonds. The van der Waals surface area contributed by atoms with Crippen LogP contribution in [-0.4, -0.2) is 19.3 Å². The van der Waals surface area contributed by atoms with E-state index in [-0.39, 0.29) is 22.7 Å². The van der Waals surface area contributed by atoms with E-state index in [1.54, 1.807) is 6.07 Å². The van der Waals surface area contributed by atoms with Crippen molar-refractivity contribution in [3.63, 3.8) is 0 Å². The number of hydrogen-bond acceptors (Lipinski definition) is 5. The smallest absolute Gasteiger partial charge is 0.350 e. The molecule has 2 heterocycles. The van der Waals surface area contributed by atoms with E-state index in [1.807, 2.05) is 0 Å². The van der Waals surface area contributed by atoms with Crippen LogP contribution in [0, 0.1) is 34.6 Å². The Kier molecular flexibility index (Phi) is 5.43. The summed E-state index contributed by atoms with van der Waals surface area (Å²) < 4.78 is 63.0. The van der Waals surface area contributed by atoms with Gasteiger partial charge in [0.25, 0.3) is 0 Å². The molecule has 32 heavy (non-hydrogen) atoms. The maximum absolute atomic E-state index is 14.5. The Hall–Kier alpha value is -4.46. The quantitative estimate of drug-likeness (QED) is 0.441. The average molecular weight is 441 g/mol. The molecular weight excluding hydrogens is 430 g/mol. The Bertz CT molecular complexity index is 1400. The van der Waals surface area contributed by atoms with E-state index < -0.39 is 41.3 Å². The molecule has 4 aromatic rings. The SMILES string of the molecule is N#Cc1cc(Oc2ccc(-n3ncn(Cc4c(F)cccc4F)c3=O)cc2F)c(F)cn1. The van der Waals surface area contributed by atoms with Crippen LogP contribution in [0.25, 0.3) is 5.69 Å². The van der Waals surface area contributed by atoms with E-state index in [4.69, 9.17) is 10.00 Å². The summed E-state index contributed by atoms with van der Waals surface area (Å²) in [5, 5.41) is 12.7. The molecule has 0 aliphatic rings. The second kappa shape index (κ2) is 8.35. The number of benzene rings is 2. The van der Waals surface area contributed by atoms with Gasteiger partial charge in [-0.05, 0) is 24.3 Å². The monoisotopic (exact) mass is 441 g/mol. The molecular formula is C21H11F4N5O2. The summed E-state index contributed by atoms with van der Waals surface area (Å²) in [6.45, 7) is -0.413. The van der Waals surface area contributed by atoms with Gasteiger partial charge in [-0.2, -0.15) is 15.0 Å². The maximum Gasteiger partial charge on any atom is 0.350 e. The minimum Gasteiger partial charge on any atom is -0.451 e. The second-order valence-corrected chi connectivity index (χ2v) is 6.48. The molecule has 0 aliphatic heterocycles. The van der Waals surface area contributed by atoms with E-state index in [1.165, 1.54) is 12.1 Å². The van der Waals surface area contributed by atoms with Gasteiger partial charge in [-0.1, -0.05) is 6.07 Å². The Labute approximate surface area is 177 Å². The Morgan fingerprint density at radius 2 is 1.72 bits per heavy atom. The van der Waals surface area contributed by atoms with Crippen molar-refractivity contribution >= 4 is 0 Å². The highest BCUT2D eigenvalue weighted by Gasteiger charge is 2.16. The van der Waals surface area contributed by atoms with Crippen LogP contribution in [0.2, 0.25) is 0 Å². The summed E-state index contributed by atoms with van der Waals surface area (Å²) in [7, 11) is 0. The van der Waals surface area contributed by atoms with Gasteiger partial charge in [0.1, 0.15) is 29.7 Å². The zero-order chi connectivity index (χ0) is 22.8. The van der Waals surface area contributed by atoms with Gasteiger partial charge in [0, 0.05) is 17.7 Å². The van der Waals surface area contributed by atoms with E-state index in [0.717, 1.165) is 52.1 Å². The number of ether oxygens (including phenoxy) is 1. The zero-order valence-electron chi connectivity index (χ0n) is 16.0. The lowest BCUT2D eigenvalue weighted by Crippen LogP contribution is -2.24. The number of aromatic nitrogens is 4. The molecule has 2 aromatic carbocycles. The van der Waals surface area contributed by atoms with Gasteiger partial charge >= 0.3 is 5.69 Å². The highest BCUT2D eigenvalue weighted by atomic mass is 19.1. The molecule has 0 atom stereocenters. The fourth-order valence-corrected chi connectivity index (χ4v) is 2.86. The molecule has 7 nitrogen and oxygen atoms in total. The van der Waals surface area contributed by atoms with Crippen LogP contribution >= 0.6 is 0 Å². The van der Waals surface area contributed by atoms with Gasteiger partial charge in [-0.3, -0.25) is 4.57 Å². The van der Waals surface area contributed by atoms with E-state index >= 15 is 0 Å². The molecule has 0 N–H and O–H groups in total. The fraction of sp³-hybridized carbons (Fsp3) is 0.0476. The second-order valence-electron chi connectivity index (χ2n) is 6.48. The third-order valence-electron chi connectivity index (χ3n) is 4.44. The van der Waals surface area contributed by atoms with Crippen molar-refractivity contribution in [1.29, 1.82) is 5.26 Å². The first-order valence-electron chi connectivity index (χ1n) is 8.98. The lowest BCUT2D eigenvalue weighted by molar-refractivity contribution is 0.412. The molecule has 0 aliphatic carbocycles. The van der Waals surface area contributed by atoms with Crippen molar-refractivity contribution in [1.82, 2.24) is 19.3 Å². The van der Waals surface area contributed by atoms with Crippen molar-refractivity contribution in [2.45, 2.75) is 6.54 Å². The standard InChI is InChI=1S/C21H11F4N5O2/c22-15-2-1-3-16(23)14(15)10-29-11-28-30(21(29)31)13-4-5-19(17(24)7-13)32-20-6-12(8-26)27-9-18(20)25/h1-7,9,11H,10H2. The average Bonchev–Trinajstić information content (AvgIpc) is 3.14. The Morgan fingerprint density at radius 3 is 2.41 bits per heavy atom. The minimum absolute atomic E-state index is 0.000481. The predicted octanol–water partition coefficient (Wildman–Crippen LogP) is 3.70. The summed E-state index contributed by atoms with van der Waals surface area (Å²) in [4.78, 5) is 16.1. The van der Waals surface area contributed by atoms with E-state index in [9.17, 15) is 22.4 Å². The minimum atomic E-state index is -0.946. The molecule has 0 saturated heterocycles. The van der Waals surface area contributed by atoms with Crippen LogP contribution in [-0.2, 0) is 6.54 Å². The van der Waals surface area contributed by atoms with Crippen LogP contribution in [0.3, 0.4) is 0 Å². The number of nitrogens with zero attached hydrogens (tertiary/aromatic N) is 5. The Balaban J connectivity index is 1.62. The van der Waals surface area contributed by atoms with Crippen molar-refractivity contribution < 1.29 is 22.3 Å². The zero-order valence-corrected chi connectivity index (χ0v) is 16.0. The van der Waals surface area contributed by atoms with Crippen molar-refractivity contribution in [2.24, 2.45) is 0 Å². The normalized spacial score (nSPS) is 10.7. The number of nitriles is 1. The Morgan fingerprint density at radius 1 is 0.969 bits per heavy atom. The molecule has 0 fully saturated rings. The first-order chi connectivity index (χ1) is 15.4. The van der Waals surface area contributed by atoms with Crippen LogP contribution < -0.4 is 10.4 Å². The first-order valence-corrected chi connectivity index (χ1v) is 8.98. The fourth-order valence-electron chi connectivity index (χ4n) is 2.86. The van der Waals surface area contributed by atoms with E-state index in [0.29, 0.717) is 0 Å². The largest absolute Gasteiger partial charge is 0.451 e. The van der Waals surface area contributed by atoms with Crippen LogP contribution in [0.15, 0.2) is 59.8 Å². The summed E-state index contributed by atoms with van der Waals surface area (Å²) in [5.41, 5.74) is -1.21. The number of pyridine rings is 1. The summed E-state index contributed by atoms with van der Waals surface area (Å²) in [6.07, 6.45) is 1.83. The lowest BCUT2D eigenvalue weighted by Gasteiger charge is -2.09. The molecule has 0 unspecified atom stereocenters. The highest BCUT2D eigenvalue weighted by molar-refractivity contribution is 5.41. The molecule has 0 bridgehead atoms. The van der Waals surface area contributed by atoms with Gasteiger partial charge in [0.2, 0.25) is 0 Å². The maximum atomic E-state index is 14.5. The van der Waals surface area contributed by atoms with Crippen molar-refractivity contribution in [3.8, 4) is 23.3 Å². The molecule has 2 aromatic heterocycles. The van der Waals surface area contributed by atoms with Gasteiger partial charge in [0.15, 0.2) is 23.1 Å². The van der Waals surface area contributed by atoms with Crippen molar-refractivity contribution in [3.05, 3.63) is 100.0 Å². The lowest BCUT2D eigenvalue weighted by atomic mass is 10.2.